The van der Waals surface area contributed by atoms with Crippen molar-refractivity contribution in [1.82, 2.24) is 15.0 Å². The molecule has 0 fully saturated rings. The highest BCUT2D eigenvalue weighted by Crippen LogP contribution is 2.22. The average molecular weight is 274 g/mol. The van der Waals surface area contributed by atoms with Gasteiger partial charge in [0.1, 0.15) is 5.69 Å². The maximum Gasteiger partial charge on any atom is 0.411 e. The van der Waals surface area contributed by atoms with Gasteiger partial charge in [0, 0.05) is 11.1 Å². The fourth-order valence-electron chi connectivity index (χ4n) is 1.70. The molecule has 3 rings (SSSR count). The van der Waals surface area contributed by atoms with Gasteiger partial charge in [-0.05, 0) is 18.2 Å². The lowest BCUT2D eigenvalue weighted by atomic mass is 10.3. The largest absolute Gasteiger partial charge is 0.453 e. The molecule has 96 valence electrons. The van der Waals surface area contributed by atoms with E-state index in [-0.39, 0.29) is 0 Å². The first kappa shape index (κ1) is 11.7. The lowest BCUT2D eigenvalue weighted by molar-refractivity contribution is 0.187. The molecule has 0 saturated heterocycles. The summed E-state index contributed by atoms with van der Waals surface area (Å²) in [6.45, 7) is 0. The van der Waals surface area contributed by atoms with E-state index in [0.717, 1.165) is 16.7 Å². The molecule has 7 heteroatoms. The maximum absolute atomic E-state index is 11.1. The van der Waals surface area contributed by atoms with Crippen LogP contribution in [0.3, 0.4) is 0 Å². The van der Waals surface area contributed by atoms with Crippen LogP contribution in [-0.2, 0) is 4.74 Å². The number of ether oxygens (including phenoxy) is 1. The van der Waals surface area contributed by atoms with Gasteiger partial charge in [0.25, 0.3) is 0 Å². The summed E-state index contributed by atoms with van der Waals surface area (Å²) in [5.41, 5.74) is 4.85. The Bertz CT molecular complexity index is 720. The van der Waals surface area contributed by atoms with Crippen molar-refractivity contribution < 1.29 is 9.53 Å². The molecule has 3 aromatic rings. The van der Waals surface area contributed by atoms with Crippen molar-refractivity contribution in [3.8, 4) is 11.5 Å². The van der Waals surface area contributed by atoms with Gasteiger partial charge in [-0.15, -0.1) is 11.3 Å². The molecular weight excluding hydrogens is 264 g/mol. The number of fused-ring (bicyclic) bond motifs is 1. The third-order valence-electron chi connectivity index (χ3n) is 2.59. The van der Waals surface area contributed by atoms with Crippen LogP contribution in [0.1, 0.15) is 0 Å². The maximum atomic E-state index is 11.1. The molecular formula is C12H10N4O2S. The van der Waals surface area contributed by atoms with Gasteiger partial charge in [0.05, 0.1) is 23.7 Å². The minimum absolute atomic E-state index is 0.505. The number of methoxy groups -OCH3 is 1. The Kier molecular flexibility index (Phi) is 2.88. The second-order valence-corrected chi connectivity index (χ2v) is 4.53. The van der Waals surface area contributed by atoms with Crippen molar-refractivity contribution in [3.63, 3.8) is 0 Å². The third-order valence-corrected chi connectivity index (χ3v) is 3.18. The van der Waals surface area contributed by atoms with Crippen LogP contribution in [0.15, 0.2) is 29.1 Å². The van der Waals surface area contributed by atoms with Gasteiger partial charge in [-0.3, -0.25) is 5.32 Å². The molecule has 0 atom stereocenters. The molecule has 0 unspecified atom stereocenters. The van der Waals surface area contributed by atoms with Gasteiger partial charge in [-0.25, -0.2) is 14.8 Å². The number of nitrogens with one attached hydrogen (secondary N) is 2. The zero-order valence-electron chi connectivity index (χ0n) is 10.0. The van der Waals surface area contributed by atoms with Crippen LogP contribution in [0.4, 0.5) is 10.5 Å². The number of aromatic nitrogens is 3. The summed E-state index contributed by atoms with van der Waals surface area (Å²) in [6.07, 6.45) is -0.505. The number of carbonyl (C=O) groups is 1. The molecule has 2 heterocycles. The van der Waals surface area contributed by atoms with E-state index in [1.165, 1.54) is 18.4 Å². The molecule has 2 aromatic heterocycles. The van der Waals surface area contributed by atoms with Gasteiger partial charge in [0.15, 0.2) is 5.82 Å². The number of imidazole rings is 1. The van der Waals surface area contributed by atoms with Gasteiger partial charge in [0.2, 0.25) is 0 Å². The van der Waals surface area contributed by atoms with E-state index in [1.54, 1.807) is 17.6 Å². The Hall–Kier alpha value is -2.41. The monoisotopic (exact) mass is 274 g/mol. The molecule has 0 saturated carbocycles. The Labute approximate surface area is 112 Å². The van der Waals surface area contributed by atoms with E-state index in [2.05, 4.69) is 25.0 Å². The highest BCUT2D eigenvalue weighted by atomic mass is 32.1. The molecule has 1 aromatic carbocycles. The van der Waals surface area contributed by atoms with E-state index >= 15 is 0 Å². The zero-order valence-corrected chi connectivity index (χ0v) is 10.8. The minimum atomic E-state index is -0.505. The van der Waals surface area contributed by atoms with Gasteiger partial charge in [-0.1, -0.05) is 0 Å². The van der Waals surface area contributed by atoms with Crippen LogP contribution in [0.25, 0.3) is 22.6 Å². The smallest absolute Gasteiger partial charge is 0.411 e. The summed E-state index contributed by atoms with van der Waals surface area (Å²) < 4.78 is 4.54. The molecule has 0 aliphatic heterocycles. The summed E-state index contributed by atoms with van der Waals surface area (Å²) in [7, 11) is 1.32. The number of aromatic amines is 1. The molecule has 0 radical (unpaired) electrons. The average Bonchev–Trinajstić information content (AvgIpc) is 3.06. The highest BCUT2D eigenvalue weighted by molar-refractivity contribution is 7.07. The van der Waals surface area contributed by atoms with E-state index in [9.17, 15) is 4.79 Å². The number of thiazole rings is 1. The van der Waals surface area contributed by atoms with Crippen molar-refractivity contribution in [2.24, 2.45) is 0 Å². The number of rotatable bonds is 2. The number of carbonyl (C=O) groups excluding carboxylic acids is 1. The summed E-state index contributed by atoms with van der Waals surface area (Å²) in [5.74, 6) is 0.714. The van der Waals surface area contributed by atoms with Crippen LogP contribution in [-0.4, -0.2) is 28.2 Å². The SMILES string of the molecule is COC(=O)Nc1ccc2[nH]c(-c3cscn3)nc2c1. The molecule has 0 bridgehead atoms. The Balaban J connectivity index is 1.97. The first-order valence-corrected chi connectivity index (χ1v) is 6.44. The fraction of sp³-hybridized carbons (Fsp3) is 0.0833. The number of nitrogens with zero attached hydrogens (tertiary/aromatic N) is 2. The first-order valence-electron chi connectivity index (χ1n) is 5.49. The number of amides is 1. The summed E-state index contributed by atoms with van der Waals surface area (Å²) in [4.78, 5) is 23.0. The fourth-order valence-corrected chi connectivity index (χ4v) is 2.24. The second kappa shape index (κ2) is 4.69. The summed E-state index contributed by atoms with van der Waals surface area (Å²) in [6, 6.07) is 5.41. The molecule has 0 spiro atoms. The molecule has 2 N–H and O–H groups in total. The van der Waals surface area contributed by atoms with Crippen molar-refractivity contribution in [3.05, 3.63) is 29.1 Å². The van der Waals surface area contributed by atoms with E-state index in [4.69, 9.17) is 0 Å². The number of H-pyrrole nitrogens is 1. The topological polar surface area (TPSA) is 79.9 Å². The van der Waals surface area contributed by atoms with Crippen molar-refractivity contribution in [1.29, 1.82) is 0 Å². The predicted molar refractivity (Wildman–Crippen MR) is 73.2 cm³/mol. The zero-order chi connectivity index (χ0) is 13.2. The highest BCUT2D eigenvalue weighted by Gasteiger charge is 2.08. The number of hydrogen-bond acceptors (Lipinski definition) is 5. The second-order valence-electron chi connectivity index (χ2n) is 3.81. The standard InChI is InChI=1S/C12H10N4O2S/c1-18-12(17)14-7-2-3-8-9(4-7)16-11(15-8)10-5-19-6-13-10/h2-6H,1H3,(H,14,17)(H,15,16). The Morgan fingerprint density at radius 3 is 3.11 bits per heavy atom. The lowest BCUT2D eigenvalue weighted by Gasteiger charge is -2.02. The normalized spacial score (nSPS) is 10.6. The van der Waals surface area contributed by atoms with Crippen LogP contribution in [0.5, 0.6) is 0 Å². The van der Waals surface area contributed by atoms with Crippen molar-refractivity contribution in [2.45, 2.75) is 0 Å². The number of hydrogen-bond donors (Lipinski definition) is 2. The van der Waals surface area contributed by atoms with E-state index in [0.29, 0.717) is 11.5 Å². The predicted octanol–water partition coefficient (Wildman–Crippen LogP) is 2.86. The molecule has 6 nitrogen and oxygen atoms in total. The minimum Gasteiger partial charge on any atom is -0.453 e. The molecule has 0 aliphatic carbocycles. The molecule has 19 heavy (non-hydrogen) atoms. The van der Waals surface area contributed by atoms with Crippen LogP contribution >= 0.6 is 11.3 Å². The first-order chi connectivity index (χ1) is 9.26. The van der Waals surface area contributed by atoms with Crippen molar-refractivity contribution >= 4 is 34.2 Å². The third kappa shape index (κ3) is 2.27. The van der Waals surface area contributed by atoms with Gasteiger partial charge >= 0.3 is 6.09 Å². The quantitative estimate of drug-likeness (QED) is 0.753. The van der Waals surface area contributed by atoms with Crippen LogP contribution in [0, 0.1) is 0 Å². The van der Waals surface area contributed by atoms with Gasteiger partial charge in [-0.2, -0.15) is 0 Å². The summed E-state index contributed by atoms with van der Waals surface area (Å²) >= 11 is 1.51. The van der Waals surface area contributed by atoms with E-state index in [1.807, 2.05) is 11.4 Å². The van der Waals surface area contributed by atoms with E-state index < -0.39 is 6.09 Å². The molecule has 0 aliphatic rings. The Morgan fingerprint density at radius 2 is 2.37 bits per heavy atom. The van der Waals surface area contributed by atoms with Crippen molar-refractivity contribution in [2.75, 3.05) is 12.4 Å². The number of benzene rings is 1. The van der Waals surface area contributed by atoms with Gasteiger partial charge < -0.3 is 9.72 Å². The van der Waals surface area contributed by atoms with Crippen LogP contribution < -0.4 is 5.32 Å². The molecule has 1 amide bonds. The lowest BCUT2D eigenvalue weighted by Crippen LogP contribution is -2.10. The Morgan fingerprint density at radius 1 is 1.47 bits per heavy atom. The van der Waals surface area contributed by atoms with Crippen LogP contribution in [0.2, 0.25) is 0 Å². The number of anilines is 1. The summed E-state index contributed by atoms with van der Waals surface area (Å²) in [5, 5.41) is 4.52.